The van der Waals surface area contributed by atoms with E-state index in [1.54, 1.807) is 20.8 Å². The van der Waals surface area contributed by atoms with E-state index < -0.39 is 72.3 Å². The van der Waals surface area contributed by atoms with Crippen LogP contribution in [0.2, 0.25) is 0 Å². The highest BCUT2D eigenvalue weighted by Gasteiger charge is 2.53. The summed E-state index contributed by atoms with van der Waals surface area (Å²) in [5.74, 6) is -2.87. The number of carbonyl (C=O) groups excluding carboxylic acids is 4. The zero-order valence-corrected chi connectivity index (χ0v) is 36.9. The maximum absolute atomic E-state index is 14.4. The number of alkyl carbamates (subject to hydrolysis) is 2. The normalized spacial score (nSPS) is 19.4. The van der Waals surface area contributed by atoms with Crippen molar-refractivity contribution in [2.24, 2.45) is 11.7 Å². The van der Waals surface area contributed by atoms with Crippen molar-refractivity contribution < 1.29 is 57.1 Å². The SMILES string of the molecule is COC(=O)[C@H](N)[C@H]1[C@H](OC(=O)[C@H](CCCCNC(=O)OCc2ccccc2)NC(=O)OC(C)(C)C)O[C@H](COCc2ccccc2)[C@@H](OCc2ccccc2)[C@@H]1OCc1ccccc1. The smallest absolute Gasteiger partial charge is 0.408 e. The van der Waals surface area contributed by atoms with E-state index in [9.17, 15) is 19.2 Å². The molecule has 4 aromatic rings. The van der Waals surface area contributed by atoms with Gasteiger partial charge in [-0.1, -0.05) is 121 Å². The van der Waals surface area contributed by atoms with Gasteiger partial charge in [0.25, 0.3) is 0 Å². The quantitative estimate of drug-likeness (QED) is 0.0427. The highest BCUT2D eigenvalue weighted by molar-refractivity contribution is 5.81. The molecule has 0 bridgehead atoms. The molecule has 1 aliphatic heterocycles. The highest BCUT2D eigenvalue weighted by atomic mass is 16.7. The zero-order chi connectivity index (χ0) is 45.7. The van der Waals surface area contributed by atoms with E-state index in [1.165, 1.54) is 7.11 Å². The number of benzene rings is 4. The summed E-state index contributed by atoms with van der Waals surface area (Å²) in [5, 5.41) is 5.35. The Kier molecular flexibility index (Phi) is 19.6. The molecular weight excluding hydrogens is 823 g/mol. The van der Waals surface area contributed by atoms with E-state index in [0.29, 0.717) is 12.8 Å². The van der Waals surface area contributed by atoms with Gasteiger partial charge < -0.3 is 54.3 Å². The average molecular weight is 884 g/mol. The topological polar surface area (TPSA) is 192 Å². The van der Waals surface area contributed by atoms with Gasteiger partial charge in [0, 0.05) is 6.54 Å². The van der Waals surface area contributed by atoms with Crippen molar-refractivity contribution in [2.45, 2.75) is 109 Å². The maximum atomic E-state index is 14.4. The number of hydrogen-bond acceptors (Lipinski definition) is 13. The molecule has 1 aliphatic rings. The summed E-state index contributed by atoms with van der Waals surface area (Å²) < 4.78 is 48.2. The Bertz CT molecular complexity index is 2000. The van der Waals surface area contributed by atoms with Crippen LogP contribution in [0.25, 0.3) is 0 Å². The minimum atomic E-state index is -1.52. The van der Waals surface area contributed by atoms with Crippen molar-refractivity contribution in [2.75, 3.05) is 20.3 Å². The molecule has 0 saturated carbocycles. The van der Waals surface area contributed by atoms with Gasteiger partial charge in [-0.2, -0.15) is 0 Å². The van der Waals surface area contributed by atoms with Crippen LogP contribution < -0.4 is 16.4 Å². The van der Waals surface area contributed by atoms with E-state index in [2.05, 4.69) is 10.6 Å². The number of esters is 2. The van der Waals surface area contributed by atoms with Crippen LogP contribution in [0.3, 0.4) is 0 Å². The van der Waals surface area contributed by atoms with Crippen molar-refractivity contribution in [1.29, 1.82) is 0 Å². The Hall–Kier alpha value is -5.84. The van der Waals surface area contributed by atoms with Gasteiger partial charge in [-0.15, -0.1) is 0 Å². The van der Waals surface area contributed by atoms with Crippen LogP contribution in [-0.2, 0) is 73.9 Å². The number of rotatable bonds is 22. The molecule has 15 nitrogen and oxygen atoms in total. The fourth-order valence-electron chi connectivity index (χ4n) is 6.98. The number of amides is 2. The van der Waals surface area contributed by atoms with Crippen LogP contribution in [0.4, 0.5) is 9.59 Å². The van der Waals surface area contributed by atoms with Crippen molar-refractivity contribution in [3.05, 3.63) is 144 Å². The second-order valence-corrected chi connectivity index (χ2v) is 16.3. The molecule has 5 rings (SSSR count). The van der Waals surface area contributed by atoms with Gasteiger partial charge in [-0.3, -0.25) is 4.79 Å². The molecule has 4 aromatic carbocycles. The third-order valence-electron chi connectivity index (χ3n) is 10.2. The van der Waals surface area contributed by atoms with Crippen molar-refractivity contribution in [3.63, 3.8) is 0 Å². The molecule has 64 heavy (non-hydrogen) atoms. The molecule has 1 saturated heterocycles. The van der Waals surface area contributed by atoms with Gasteiger partial charge >= 0.3 is 24.1 Å². The summed E-state index contributed by atoms with van der Waals surface area (Å²) in [6.45, 7) is 5.86. The first-order valence-corrected chi connectivity index (χ1v) is 21.5. The molecule has 344 valence electrons. The van der Waals surface area contributed by atoms with Crippen LogP contribution in [0.1, 0.15) is 62.3 Å². The van der Waals surface area contributed by atoms with Crippen molar-refractivity contribution in [3.8, 4) is 0 Å². The molecule has 0 unspecified atom stereocenters. The van der Waals surface area contributed by atoms with E-state index in [0.717, 1.165) is 22.3 Å². The van der Waals surface area contributed by atoms with Crippen molar-refractivity contribution in [1.82, 2.24) is 10.6 Å². The predicted octanol–water partition coefficient (Wildman–Crippen LogP) is 6.75. The van der Waals surface area contributed by atoms with Crippen LogP contribution in [0, 0.1) is 5.92 Å². The second-order valence-electron chi connectivity index (χ2n) is 16.3. The highest BCUT2D eigenvalue weighted by Crippen LogP contribution is 2.35. The number of hydrogen-bond donors (Lipinski definition) is 3. The summed E-state index contributed by atoms with van der Waals surface area (Å²) in [6.07, 6.45) is -4.95. The maximum Gasteiger partial charge on any atom is 0.408 e. The largest absolute Gasteiger partial charge is 0.468 e. The fourth-order valence-corrected chi connectivity index (χ4v) is 6.98. The summed E-state index contributed by atoms with van der Waals surface area (Å²) in [5.41, 5.74) is 9.27. The first kappa shape index (κ1) is 49.2. The van der Waals surface area contributed by atoms with Gasteiger partial charge in [-0.05, 0) is 62.3 Å². The molecule has 0 aromatic heterocycles. The minimum Gasteiger partial charge on any atom is -0.468 e. The Morgan fingerprint density at radius 2 is 1.19 bits per heavy atom. The Balaban J connectivity index is 1.39. The molecule has 4 N–H and O–H groups in total. The monoisotopic (exact) mass is 883 g/mol. The molecule has 0 aliphatic carbocycles. The summed E-state index contributed by atoms with van der Waals surface area (Å²) >= 11 is 0. The molecule has 1 heterocycles. The molecule has 15 heteroatoms. The number of carbonyl (C=O) groups is 4. The molecule has 7 atom stereocenters. The summed E-state index contributed by atoms with van der Waals surface area (Å²) in [6, 6.07) is 35.1. The van der Waals surface area contributed by atoms with E-state index in [4.69, 9.17) is 43.6 Å². The second kappa shape index (κ2) is 25.5. The number of ether oxygens (including phenoxy) is 8. The number of nitrogens with one attached hydrogen (secondary N) is 2. The van der Waals surface area contributed by atoms with Gasteiger partial charge in [0.1, 0.15) is 36.5 Å². The van der Waals surface area contributed by atoms with Crippen LogP contribution in [-0.4, -0.2) is 86.7 Å². The molecule has 0 radical (unpaired) electrons. The lowest BCUT2D eigenvalue weighted by Crippen LogP contribution is -2.64. The minimum absolute atomic E-state index is 0.0336. The third-order valence-corrected chi connectivity index (χ3v) is 10.2. The number of nitrogens with two attached hydrogens (primary N) is 1. The lowest BCUT2D eigenvalue weighted by molar-refractivity contribution is -0.300. The van der Waals surface area contributed by atoms with Gasteiger partial charge in [0.15, 0.2) is 0 Å². The lowest BCUT2D eigenvalue weighted by Gasteiger charge is -2.47. The Morgan fingerprint density at radius 1 is 0.672 bits per heavy atom. The average Bonchev–Trinajstić information content (AvgIpc) is 3.29. The first-order chi connectivity index (χ1) is 30.9. The standard InChI is InChI=1S/C49H61N3O12/c1-49(2,3)64-48(56)52-38(27-17-18-28-51-47(55)61-32-37-25-15-8-16-26-37)44(53)63-46-40(41(50)45(54)57-4)43(60-31-36-23-13-7-14-24-36)42(59-30-35-21-11-6-12-22-35)39(62-46)33-58-29-34-19-9-5-10-20-34/h5-16,19-26,38-43,46H,17-18,27-33,50H2,1-4H3,(H,51,55)(H,52,56)/t38-,39+,40+,41+,42+,43+,46-/m0/s1. The number of unbranched alkanes of at least 4 members (excludes halogenated alkanes) is 1. The zero-order valence-electron chi connectivity index (χ0n) is 36.9. The molecule has 2 amide bonds. The van der Waals surface area contributed by atoms with Crippen LogP contribution >= 0.6 is 0 Å². The lowest BCUT2D eigenvalue weighted by atomic mass is 9.85. The van der Waals surface area contributed by atoms with Gasteiger partial charge in [0.2, 0.25) is 6.29 Å². The van der Waals surface area contributed by atoms with Crippen LogP contribution in [0.15, 0.2) is 121 Å². The predicted molar refractivity (Wildman–Crippen MR) is 236 cm³/mol. The summed E-state index contributed by atoms with van der Waals surface area (Å²) in [4.78, 5) is 53.2. The first-order valence-electron chi connectivity index (χ1n) is 21.5. The van der Waals surface area contributed by atoms with E-state index >= 15 is 0 Å². The Morgan fingerprint density at radius 3 is 1.72 bits per heavy atom. The van der Waals surface area contributed by atoms with Gasteiger partial charge in [0.05, 0.1) is 45.6 Å². The Labute approximate surface area is 375 Å². The number of methoxy groups -OCH3 is 1. The van der Waals surface area contributed by atoms with Crippen molar-refractivity contribution >= 4 is 24.1 Å². The van der Waals surface area contributed by atoms with Crippen LogP contribution in [0.5, 0.6) is 0 Å². The fraction of sp³-hybridized carbons (Fsp3) is 0.429. The molecule has 0 spiro atoms. The van der Waals surface area contributed by atoms with Gasteiger partial charge in [-0.25, -0.2) is 14.4 Å². The van der Waals surface area contributed by atoms with E-state index in [-0.39, 0.29) is 46.0 Å². The molecule has 1 fully saturated rings. The molecular formula is C49H61N3O12. The van der Waals surface area contributed by atoms with E-state index in [1.807, 2.05) is 121 Å². The third kappa shape index (κ3) is 16.4. The summed E-state index contributed by atoms with van der Waals surface area (Å²) in [7, 11) is 1.20.